The first kappa shape index (κ1) is 11.0. The lowest BCUT2D eigenvalue weighted by molar-refractivity contribution is 0.0403. The number of hydrogen-bond donors (Lipinski definition) is 1. The summed E-state index contributed by atoms with van der Waals surface area (Å²) in [7, 11) is 0. The third-order valence-electron chi connectivity index (χ3n) is 4.82. The Morgan fingerprint density at radius 3 is 2.38 bits per heavy atom. The molecule has 1 unspecified atom stereocenters. The van der Waals surface area contributed by atoms with E-state index >= 15 is 0 Å². The van der Waals surface area contributed by atoms with Crippen molar-refractivity contribution in [2.75, 3.05) is 52.4 Å². The number of fused-ring (bicyclic) bond motifs is 3. The topological polar surface area (TPSA) is 18.5 Å². The van der Waals surface area contributed by atoms with E-state index in [1.54, 1.807) is 0 Å². The van der Waals surface area contributed by atoms with Gasteiger partial charge < -0.3 is 15.1 Å². The zero-order chi connectivity index (χ0) is 10.8. The van der Waals surface area contributed by atoms with Crippen LogP contribution in [0.3, 0.4) is 0 Å². The van der Waals surface area contributed by atoms with Crippen LogP contribution in [0, 0.1) is 11.8 Å². The summed E-state index contributed by atoms with van der Waals surface area (Å²) in [6.45, 7) is 10.4. The van der Waals surface area contributed by atoms with Gasteiger partial charge in [-0.15, -0.1) is 0 Å². The Labute approximate surface area is 99.2 Å². The predicted molar refractivity (Wildman–Crippen MR) is 66.6 cm³/mol. The largest absolute Gasteiger partial charge is 0.314 e. The molecule has 4 fully saturated rings. The fourth-order valence-corrected chi connectivity index (χ4v) is 3.70. The van der Waals surface area contributed by atoms with Crippen LogP contribution in [0.15, 0.2) is 0 Å². The highest BCUT2D eigenvalue weighted by Gasteiger charge is 2.33. The summed E-state index contributed by atoms with van der Waals surface area (Å²) in [5.74, 6) is 2.07. The van der Waals surface area contributed by atoms with Crippen molar-refractivity contribution in [3.63, 3.8) is 0 Å². The molecule has 4 rings (SSSR count). The number of nitrogens with one attached hydrogen (secondary N) is 1. The SMILES string of the molecule is C1CN(CCC2CN3CCC2CC3)CCN1. The third-order valence-corrected chi connectivity index (χ3v) is 4.82. The van der Waals surface area contributed by atoms with E-state index in [1.165, 1.54) is 71.6 Å². The van der Waals surface area contributed by atoms with Crippen LogP contribution < -0.4 is 5.32 Å². The van der Waals surface area contributed by atoms with Gasteiger partial charge in [-0.05, 0) is 50.7 Å². The molecule has 16 heavy (non-hydrogen) atoms. The second-order valence-electron chi connectivity index (χ2n) is 5.78. The van der Waals surface area contributed by atoms with Crippen LogP contribution in [0.2, 0.25) is 0 Å². The lowest BCUT2D eigenvalue weighted by Crippen LogP contribution is -2.49. The Bertz CT molecular complexity index is 217. The zero-order valence-electron chi connectivity index (χ0n) is 10.3. The van der Waals surface area contributed by atoms with Crippen molar-refractivity contribution >= 4 is 0 Å². The summed E-state index contributed by atoms with van der Waals surface area (Å²) in [4.78, 5) is 5.33. The van der Waals surface area contributed by atoms with Crippen molar-refractivity contribution in [1.29, 1.82) is 0 Å². The van der Waals surface area contributed by atoms with Gasteiger partial charge in [0.1, 0.15) is 0 Å². The van der Waals surface area contributed by atoms with E-state index in [1.807, 2.05) is 0 Å². The molecule has 0 amide bonds. The molecule has 0 aromatic rings. The molecule has 92 valence electrons. The van der Waals surface area contributed by atoms with Crippen molar-refractivity contribution in [1.82, 2.24) is 15.1 Å². The highest BCUT2D eigenvalue weighted by atomic mass is 15.2. The normalized spacial score (nSPS) is 40.1. The van der Waals surface area contributed by atoms with Gasteiger partial charge in [-0.3, -0.25) is 0 Å². The average molecular weight is 223 g/mol. The van der Waals surface area contributed by atoms with Crippen LogP contribution >= 0.6 is 0 Å². The number of hydrogen-bond acceptors (Lipinski definition) is 3. The lowest BCUT2D eigenvalue weighted by Gasteiger charge is -2.45. The first-order valence-electron chi connectivity index (χ1n) is 7.07. The van der Waals surface area contributed by atoms with Crippen molar-refractivity contribution < 1.29 is 0 Å². The molecule has 0 spiro atoms. The van der Waals surface area contributed by atoms with E-state index in [-0.39, 0.29) is 0 Å². The molecule has 1 N–H and O–H groups in total. The molecular weight excluding hydrogens is 198 g/mol. The molecule has 4 heterocycles. The molecule has 4 aliphatic heterocycles. The molecule has 3 nitrogen and oxygen atoms in total. The quantitative estimate of drug-likeness (QED) is 0.757. The Kier molecular flexibility index (Phi) is 3.46. The number of nitrogens with zero attached hydrogens (tertiary/aromatic N) is 2. The summed E-state index contributed by atoms with van der Waals surface area (Å²) in [5.41, 5.74) is 0. The van der Waals surface area contributed by atoms with Crippen LogP contribution in [0.5, 0.6) is 0 Å². The molecule has 0 aliphatic carbocycles. The number of piperazine rings is 1. The monoisotopic (exact) mass is 223 g/mol. The maximum Gasteiger partial charge on any atom is 0.0107 e. The minimum absolute atomic E-state index is 1.01. The summed E-state index contributed by atoms with van der Waals surface area (Å²) in [5, 5.41) is 3.43. The third kappa shape index (κ3) is 2.41. The smallest absolute Gasteiger partial charge is 0.0107 e. The molecule has 0 saturated carbocycles. The Morgan fingerprint density at radius 1 is 1.00 bits per heavy atom. The molecule has 0 aromatic heterocycles. The van der Waals surface area contributed by atoms with Crippen LogP contribution in [0.1, 0.15) is 19.3 Å². The lowest BCUT2D eigenvalue weighted by atomic mass is 9.77. The van der Waals surface area contributed by atoms with Gasteiger partial charge in [-0.2, -0.15) is 0 Å². The molecule has 2 bridgehead atoms. The highest BCUT2D eigenvalue weighted by Crippen LogP contribution is 2.34. The molecular formula is C13H25N3. The van der Waals surface area contributed by atoms with Gasteiger partial charge in [0.25, 0.3) is 0 Å². The van der Waals surface area contributed by atoms with E-state index in [4.69, 9.17) is 0 Å². The van der Waals surface area contributed by atoms with Crippen LogP contribution in [-0.4, -0.2) is 62.2 Å². The van der Waals surface area contributed by atoms with Gasteiger partial charge in [-0.1, -0.05) is 0 Å². The fraction of sp³-hybridized carbons (Fsp3) is 1.00. The summed E-state index contributed by atoms with van der Waals surface area (Å²) < 4.78 is 0. The second-order valence-corrected chi connectivity index (χ2v) is 5.78. The summed E-state index contributed by atoms with van der Waals surface area (Å²) in [6.07, 6.45) is 4.40. The van der Waals surface area contributed by atoms with Crippen molar-refractivity contribution in [2.45, 2.75) is 19.3 Å². The maximum atomic E-state index is 3.43. The number of piperidine rings is 3. The maximum absolute atomic E-state index is 3.43. The van der Waals surface area contributed by atoms with Gasteiger partial charge in [0.05, 0.1) is 0 Å². The van der Waals surface area contributed by atoms with Crippen LogP contribution in [-0.2, 0) is 0 Å². The molecule has 0 aromatic carbocycles. The Hall–Kier alpha value is -0.120. The molecule has 1 atom stereocenters. The van der Waals surface area contributed by atoms with E-state index in [9.17, 15) is 0 Å². The Balaban J connectivity index is 1.44. The molecule has 4 aliphatic rings. The Morgan fingerprint density at radius 2 is 1.75 bits per heavy atom. The van der Waals surface area contributed by atoms with Gasteiger partial charge in [0, 0.05) is 32.7 Å². The van der Waals surface area contributed by atoms with E-state index in [0.717, 1.165) is 11.8 Å². The average Bonchev–Trinajstić information content (AvgIpc) is 2.39. The van der Waals surface area contributed by atoms with E-state index in [2.05, 4.69) is 15.1 Å². The minimum Gasteiger partial charge on any atom is -0.314 e. The summed E-state index contributed by atoms with van der Waals surface area (Å²) >= 11 is 0. The van der Waals surface area contributed by atoms with Crippen molar-refractivity contribution in [3.05, 3.63) is 0 Å². The molecule has 4 saturated heterocycles. The minimum atomic E-state index is 1.01. The predicted octanol–water partition coefficient (Wildman–Crippen LogP) is 0.623. The summed E-state index contributed by atoms with van der Waals surface area (Å²) in [6, 6.07) is 0. The van der Waals surface area contributed by atoms with Crippen LogP contribution in [0.4, 0.5) is 0 Å². The van der Waals surface area contributed by atoms with E-state index in [0.29, 0.717) is 0 Å². The van der Waals surface area contributed by atoms with E-state index < -0.39 is 0 Å². The van der Waals surface area contributed by atoms with Crippen LogP contribution in [0.25, 0.3) is 0 Å². The molecule has 3 heteroatoms. The van der Waals surface area contributed by atoms with Gasteiger partial charge in [0.2, 0.25) is 0 Å². The van der Waals surface area contributed by atoms with Gasteiger partial charge in [0.15, 0.2) is 0 Å². The highest BCUT2D eigenvalue weighted by molar-refractivity contribution is 4.87. The first-order valence-corrected chi connectivity index (χ1v) is 7.07. The van der Waals surface area contributed by atoms with Crippen molar-refractivity contribution in [2.24, 2.45) is 11.8 Å². The van der Waals surface area contributed by atoms with Crippen molar-refractivity contribution in [3.8, 4) is 0 Å². The first-order chi connectivity index (χ1) is 7.92. The number of rotatable bonds is 3. The van der Waals surface area contributed by atoms with Gasteiger partial charge >= 0.3 is 0 Å². The van der Waals surface area contributed by atoms with Gasteiger partial charge in [-0.25, -0.2) is 0 Å². The standard InChI is InChI=1S/C13H25N3/c1-7-16-8-2-12(1)13(11-16)3-6-15-9-4-14-5-10-15/h12-14H,1-11H2. The molecule has 0 radical (unpaired) electrons. The second kappa shape index (κ2) is 5.03. The zero-order valence-corrected chi connectivity index (χ0v) is 10.3. The fourth-order valence-electron chi connectivity index (χ4n) is 3.70.